The number of nitrogens with one attached hydrogen (secondary N) is 2. The van der Waals surface area contributed by atoms with Gasteiger partial charge in [0.1, 0.15) is 17.4 Å². The Morgan fingerprint density at radius 2 is 1.91 bits per heavy atom. The molecule has 2 atom stereocenters. The number of carbonyl (C=O) groups excluding carboxylic acids is 2. The first kappa shape index (κ1) is 30.8. The number of alkyl halides is 3. The monoisotopic (exact) mass is 616 g/mol. The van der Waals surface area contributed by atoms with Gasteiger partial charge in [0, 0.05) is 18.8 Å². The van der Waals surface area contributed by atoms with Crippen LogP contribution in [0.5, 0.6) is 11.6 Å². The number of carbonyl (C=O) groups is 2. The SMILES string of the molecule is Cc1cccc(COC[C@@H](NC(=O)c2cccnc2Oc2ccc(C(F)(F)F)cc2Cl)C(=O)NC2CN3CCC2CC3)c1. The lowest BCUT2D eigenvalue weighted by Crippen LogP contribution is -2.60. The summed E-state index contributed by atoms with van der Waals surface area (Å²) in [6.45, 7) is 4.92. The zero-order valence-corrected chi connectivity index (χ0v) is 24.3. The van der Waals surface area contributed by atoms with Crippen LogP contribution in [0.4, 0.5) is 13.2 Å². The van der Waals surface area contributed by atoms with E-state index in [-0.39, 0.29) is 47.4 Å². The molecular weight excluding hydrogens is 585 g/mol. The normalized spacial score (nSPS) is 20.3. The second kappa shape index (κ2) is 13.3. The number of rotatable bonds is 10. The van der Waals surface area contributed by atoms with Gasteiger partial charge >= 0.3 is 6.18 Å². The minimum Gasteiger partial charge on any atom is -0.437 e. The number of piperidine rings is 3. The number of hydrogen-bond donors (Lipinski definition) is 2. The molecule has 8 nitrogen and oxygen atoms in total. The fraction of sp³-hybridized carbons (Fsp3) is 0.387. The molecule has 3 aromatic rings. The van der Waals surface area contributed by atoms with Crippen LogP contribution in [0.2, 0.25) is 5.02 Å². The van der Waals surface area contributed by atoms with Crippen LogP contribution in [0.1, 0.15) is 39.9 Å². The van der Waals surface area contributed by atoms with E-state index in [0.717, 1.165) is 61.8 Å². The topological polar surface area (TPSA) is 92.8 Å². The quantitative estimate of drug-likeness (QED) is 0.318. The molecule has 2 bridgehead atoms. The van der Waals surface area contributed by atoms with Crippen LogP contribution >= 0.6 is 11.6 Å². The average Bonchev–Trinajstić information content (AvgIpc) is 2.98. The van der Waals surface area contributed by atoms with Gasteiger partial charge in [-0.3, -0.25) is 9.59 Å². The standard InChI is InChI=1S/C31H32ClF3N4O4/c1-19-4-2-5-20(14-19)17-42-18-26(29(41)37-25-16-39-12-9-21(25)10-13-39)38-28(40)23-6-3-11-36-30(23)43-27-8-7-22(15-24(27)32)31(33,34)35/h2-8,11,14-15,21,25-26H,9-10,12-13,16-18H2,1H3,(H,37,41)(H,38,40)/t25?,26-/m1/s1. The van der Waals surface area contributed by atoms with Gasteiger partial charge in [-0.2, -0.15) is 13.2 Å². The third-order valence-electron chi connectivity index (χ3n) is 7.72. The van der Waals surface area contributed by atoms with Gasteiger partial charge in [-0.05, 0) is 74.7 Å². The first-order valence-corrected chi connectivity index (χ1v) is 14.4. The molecule has 1 aromatic heterocycles. The van der Waals surface area contributed by atoms with E-state index in [9.17, 15) is 22.8 Å². The summed E-state index contributed by atoms with van der Waals surface area (Å²) in [5, 5.41) is 5.56. The van der Waals surface area contributed by atoms with Crippen LogP contribution in [0.25, 0.3) is 0 Å². The summed E-state index contributed by atoms with van der Waals surface area (Å²) in [4.78, 5) is 33.4. The molecule has 0 saturated carbocycles. The van der Waals surface area contributed by atoms with Crippen molar-refractivity contribution in [2.24, 2.45) is 5.92 Å². The van der Waals surface area contributed by atoms with Crippen molar-refractivity contribution >= 4 is 23.4 Å². The van der Waals surface area contributed by atoms with E-state index in [0.29, 0.717) is 5.92 Å². The minimum atomic E-state index is -4.58. The van der Waals surface area contributed by atoms with Crippen molar-refractivity contribution in [1.29, 1.82) is 0 Å². The van der Waals surface area contributed by atoms with Gasteiger partial charge in [-0.25, -0.2) is 4.98 Å². The molecule has 0 aliphatic carbocycles. The molecule has 3 fully saturated rings. The highest BCUT2D eigenvalue weighted by Gasteiger charge is 2.36. The molecular formula is C31H32ClF3N4O4. The van der Waals surface area contributed by atoms with E-state index in [1.54, 1.807) is 0 Å². The summed E-state index contributed by atoms with van der Waals surface area (Å²) in [5.41, 5.74) is 1.03. The molecule has 2 amide bonds. The molecule has 0 radical (unpaired) electrons. The van der Waals surface area contributed by atoms with Gasteiger partial charge in [-0.1, -0.05) is 41.4 Å². The number of aromatic nitrogens is 1. The number of hydrogen-bond acceptors (Lipinski definition) is 6. The predicted octanol–water partition coefficient (Wildman–Crippen LogP) is 5.38. The van der Waals surface area contributed by atoms with E-state index in [1.807, 2.05) is 31.2 Å². The molecule has 228 valence electrons. The minimum absolute atomic E-state index is 0.0229. The van der Waals surface area contributed by atoms with Gasteiger partial charge in [0.2, 0.25) is 11.8 Å². The van der Waals surface area contributed by atoms with Crippen LogP contribution in [0, 0.1) is 12.8 Å². The summed E-state index contributed by atoms with van der Waals surface area (Å²) in [6, 6.07) is 12.3. The summed E-state index contributed by atoms with van der Waals surface area (Å²) in [5.74, 6) is -0.947. The molecule has 4 heterocycles. The van der Waals surface area contributed by atoms with Gasteiger partial charge < -0.3 is 25.0 Å². The Balaban J connectivity index is 1.31. The van der Waals surface area contributed by atoms with Gasteiger partial charge in [0.05, 0.1) is 23.8 Å². The average molecular weight is 617 g/mol. The zero-order chi connectivity index (χ0) is 30.6. The van der Waals surface area contributed by atoms with Crippen molar-refractivity contribution in [2.75, 3.05) is 26.2 Å². The van der Waals surface area contributed by atoms with Crippen molar-refractivity contribution in [1.82, 2.24) is 20.5 Å². The third-order valence-corrected chi connectivity index (χ3v) is 8.02. The molecule has 43 heavy (non-hydrogen) atoms. The molecule has 3 aliphatic heterocycles. The zero-order valence-electron chi connectivity index (χ0n) is 23.5. The van der Waals surface area contributed by atoms with Crippen molar-refractivity contribution in [3.8, 4) is 11.6 Å². The molecule has 1 unspecified atom stereocenters. The molecule has 6 rings (SSSR count). The number of amides is 2. The molecule has 3 aliphatic rings. The van der Waals surface area contributed by atoms with Crippen molar-refractivity contribution in [2.45, 2.75) is 44.6 Å². The van der Waals surface area contributed by atoms with Crippen LogP contribution < -0.4 is 15.4 Å². The maximum atomic E-state index is 13.5. The van der Waals surface area contributed by atoms with E-state index < -0.39 is 23.7 Å². The number of halogens is 4. The molecule has 3 saturated heterocycles. The number of pyridine rings is 1. The Morgan fingerprint density at radius 1 is 1.12 bits per heavy atom. The number of ether oxygens (including phenoxy) is 2. The Hall–Kier alpha value is -3.67. The van der Waals surface area contributed by atoms with Crippen molar-refractivity contribution < 1.29 is 32.2 Å². The van der Waals surface area contributed by atoms with E-state index in [1.165, 1.54) is 18.3 Å². The Bertz CT molecular complexity index is 1460. The first-order chi connectivity index (χ1) is 20.6. The highest BCUT2D eigenvalue weighted by molar-refractivity contribution is 6.32. The lowest BCUT2D eigenvalue weighted by Gasteiger charge is -2.45. The van der Waals surface area contributed by atoms with Crippen LogP contribution in [0.3, 0.4) is 0 Å². The van der Waals surface area contributed by atoms with Crippen molar-refractivity contribution in [3.05, 3.63) is 88.1 Å². The second-order valence-electron chi connectivity index (χ2n) is 10.9. The highest BCUT2D eigenvalue weighted by atomic mass is 35.5. The summed E-state index contributed by atoms with van der Waals surface area (Å²) in [7, 11) is 0. The summed E-state index contributed by atoms with van der Waals surface area (Å²) >= 11 is 6.05. The fourth-order valence-corrected chi connectivity index (χ4v) is 5.66. The van der Waals surface area contributed by atoms with Gasteiger partial charge in [0.25, 0.3) is 5.91 Å². The Labute approximate surface area is 252 Å². The van der Waals surface area contributed by atoms with Gasteiger partial charge in [-0.15, -0.1) is 0 Å². The number of nitrogens with zero attached hydrogens (tertiary/aromatic N) is 2. The largest absolute Gasteiger partial charge is 0.437 e. The summed E-state index contributed by atoms with van der Waals surface area (Å²) in [6.07, 6.45) is -1.19. The fourth-order valence-electron chi connectivity index (χ4n) is 5.44. The smallest absolute Gasteiger partial charge is 0.416 e. The molecule has 0 spiro atoms. The third kappa shape index (κ3) is 7.84. The molecule has 2 N–H and O–H groups in total. The number of fused-ring (bicyclic) bond motifs is 3. The van der Waals surface area contributed by atoms with E-state index in [2.05, 4.69) is 20.5 Å². The predicted molar refractivity (Wildman–Crippen MR) is 154 cm³/mol. The molecule has 2 aromatic carbocycles. The van der Waals surface area contributed by atoms with E-state index >= 15 is 0 Å². The van der Waals surface area contributed by atoms with Crippen LogP contribution in [-0.2, 0) is 22.3 Å². The lowest BCUT2D eigenvalue weighted by molar-refractivity contribution is -0.137. The maximum absolute atomic E-state index is 13.5. The number of benzene rings is 2. The lowest BCUT2D eigenvalue weighted by atomic mass is 9.84. The van der Waals surface area contributed by atoms with Gasteiger partial charge in [0.15, 0.2) is 0 Å². The Kier molecular flexibility index (Phi) is 9.53. The molecule has 12 heteroatoms. The highest BCUT2D eigenvalue weighted by Crippen LogP contribution is 2.36. The maximum Gasteiger partial charge on any atom is 0.416 e. The van der Waals surface area contributed by atoms with Crippen molar-refractivity contribution in [3.63, 3.8) is 0 Å². The summed E-state index contributed by atoms with van der Waals surface area (Å²) < 4.78 is 50.8. The first-order valence-electron chi connectivity index (χ1n) is 14.0. The van der Waals surface area contributed by atoms with Crippen LogP contribution in [-0.4, -0.2) is 60.0 Å². The second-order valence-corrected chi connectivity index (χ2v) is 11.3. The Morgan fingerprint density at radius 3 is 2.58 bits per heavy atom. The van der Waals surface area contributed by atoms with E-state index in [4.69, 9.17) is 21.1 Å². The number of aryl methyl sites for hydroxylation is 1. The van der Waals surface area contributed by atoms with Crippen LogP contribution in [0.15, 0.2) is 60.8 Å².